The van der Waals surface area contributed by atoms with Gasteiger partial charge in [0.1, 0.15) is 30.6 Å². The Kier molecular flexibility index (Phi) is 13.3. The van der Waals surface area contributed by atoms with Crippen molar-refractivity contribution in [3.63, 3.8) is 0 Å². The molecule has 0 atom stereocenters. The first kappa shape index (κ1) is 43.2. The van der Waals surface area contributed by atoms with Crippen molar-refractivity contribution in [2.24, 2.45) is 0 Å². The molecule has 1 aliphatic rings. The number of nitrogens with zero attached hydrogens (tertiary/aromatic N) is 7. The maximum absolute atomic E-state index is 13.7. The number of carbonyl (C=O) groups excluding carboxylic acids is 3. The van der Waals surface area contributed by atoms with Gasteiger partial charge < -0.3 is 9.64 Å². The highest BCUT2D eigenvalue weighted by atomic mass is 32.2. The maximum atomic E-state index is 13.7. The number of para-hydroxylation sites is 2. The SMILES string of the molecule is CCCCCCCCN1C(=O)SC(=c2sc(=Cc3cnc(-c4ccc(-c5ncc(-c6ccc(N(c7ccccc7)c7ccccc7)cc6)s5)c5nsnc45)s3)c(=O)n2COC=O)C1=O. The second-order valence-electron chi connectivity index (χ2n) is 14.7. The van der Waals surface area contributed by atoms with Crippen LogP contribution in [0.5, 0.6) is 0 Å². The number of hydrogen-bond acceptors (Lipinski definition) is 15. The topological polar surface area (TPSA) is 140 Å². The van der Waals surface area contributed by atoms with Crippen LogP contribution >= 0.6 is 57.5 Å². The van der Waals surface area contributed by atoms with Crippen LogP contribution in [0.2, 0.25) is 0 Å². The standard InChI is InChI=1S/C47H39N7O5S5/c1-2-3-4-5-6-13-24-52-45(57)41(63-47(52)58)46-53(28-59-29-55)44(56)37(62-46)25-34-26-48-42(60-34)35-22-23-36(40-39(35)50-64-51-40)43-49-27-38(61-43)30-18-20-33(21-19-30)54(31-14-9-7-10-15-31)32-16-11-8-12-17-32/h7-12,14-23,25-27,29H,2-6,13,24,28H2,1H3. The van der Waals surface area contributed by atoms with Crippen molar-refractivity contribution < 1.29 is 19.1 Å². The van der Waals surface area contributed by atoms with Gasteiger partial charge in [-0.1, -0.05) is 87.6 Å². The van der Waals surface area contributed by atoms with E-state index in [9.17, 15) is 19.2 Å². The van der Waals surface area contributed by atoms with Crippen molar-refractivity contribution in [3.05, 3.63) is 134 Å². The largest absolute Gasteiger partial charge is 0.446 e. The number of fused-ring (bicyclic) bond motifs is 1. The Labute approximate surface area is 388 Å². The van der Waals surface area contributed by atoms with Crippen LogP contribution < -0.4 is 19.7 Å². The number of unbranched alkanes of at least 4 members (excludes halogenated alkanes) is 5. The summed E-state index contributed by atoms with van der Waals surface area (Å²) in [6, 6.07) is 33.1. The van der Waals surface area contributed by atoms with E-state index in [1.54, 1.807) is 23.6 Å². The lowest BCUT2D eigenvalue weighted by molar-refractivity contribution is -0.132. The van der Waals surface area contributed by atoms with Crippen molar-refractivity contribution in [3.8, 4) is 31.6 Å². The van der Waals surface area contributed by atoms with Gasteiger partial charge in [0, 0.05) is 52.0 Å². The van der Waals surface area contributed by atoms with Gasteiger partial charge >= 0.3 is 0 Å². The predicted octanol–water partition coefficient (Wildman–Crippen LogP) is 10.4. The zero-order chi connectivity index (χ0) is 44.0. The van der Waals surface area contributed by atoms with Crippen LogP contribution in [0.3, 0.4) is 0 Å². The van der Waals surface area contributed by atoms with Crippen LogP contribution in [0.25, 0.3) is 53.6 Å². The smallest absolute Gasteiger partial charge is 0.294 e. The quantitative estimate of drug-likeness (QED) is 0.0636. The van der Waals surface area contributed by atoms with E-state index in [0.717, 1.165) is 116 Å². The minimum atomic E-state index is -0.449. The molecule has 0 unspecified atom stereocenters. The molecule has 0 radical (unpaired) electrons. The summed E-state index contributed by atoms with van der Waals surface area (Å²) in [6.45, 7) is 2.32. The predicted molar refractivity (Wildman–Crippen MR) is 260 cm³/mol. The second-order valence-corrected chi connectivity index (χ2v) is 19.3. The minimum Gasteiger partial charge on any atom is -0.446 e. The van der Waals surface area contributed by atoms with Gasteiger partial charge in [0.25, 0.3) is 23.2 Å². The van der Waals surface area contributed by atoms with E-state index < -0.39 is 18.2 Å². The molecular formula is C47H39N7O5S5. The molecule has 0 saturated carbocycles. The molecule has 0 spiro atoms. The van der Waals surface area contributed by atoms with Crippen molar-refractivity contribution in [2.45, 2.75) is 52.2 Å². The fourth-order valence-corrected chi connectivity index (χ4v) is 12.0. The lowest BCUT2D eigenvalue weighted by Crippen LogP contribution is -2.34. The number of imide groups is 1. The lowest BCUT2D eigenvalue weighted by atomic mass is 10.1. The Balaban J connectivity index is 0.964. The number of rotatable bonds is 17. The van der Waals surface area contributed by atoms with Gasteiger partial charge in [-0.3, -0.25) is 28.6 Å². The van der Waals surface area contributed by atoms with Gasteiger partial charge in [-0.25, -0.2) is 9.97 Å². The number of thioether (sulfide) groups is 1. The summed E-state index contributed by atoms with van der Waals surface area (Å²) in [7, 11) is 0. The first-order valence-electron chi connectivity index (χ1n) is 20.6. The molecule has 17 heteroatoms. The van der Waals surface area contributed by atoms with Crippen molar-refractivity contribution >= 4 is 114 Å². The van der Waals surface area contributed by atoms with Crippen LogP contribution in [-0.4, -0.2) is 52.3 Å². The molecule has 4 aromatic heterocycles. The van der Waals surface area contributed by atoms with Crippen LogP contribution in [0, 0.1) is 0 Å². The van der Waals surface area contributed by atoms with E-state index in [1.807, 2.05) is 54.7 Å². The molecule has 8 aromatic rings. The molecule has 64 heavy (non-hydrogen) atoms. The molecule has 1 aliphatic heterocycles. The lowest BCUT2D eigenvalue weighted by Gasteiger charge is -2.25. The first-order valence-corrected chi connectivity index (χ1v) is 24.6. The summed E-state index contributed by atoms with van der Waals surface area (Å²) in [5, 5.41) is 1.13. The van der Waals surface area contributed by atoms with E-state index in [1.165, 1.54) is 20.8 Å². The number of aromatic nitrogens is 5. The third-order valence-electron chi connectivity index (χ3n) is 10.6. The molecule has 0 N–H and O–H groups in total. The molecule has 1 fully saturated rings. The Bertz CT molecular complexity index is 3100. The second kappa shape index (κ2) is 19.7. The molecule has 4 aromatic carbocycles. The third-order valence-corrected chi connectivity index (χ3v) is 15.4. The Morgan fingerprint density at radius 1 is 0.703 bits per heavy atom. The summed E-state index contributed by atoms with van der Waals surface area (Å²) in [4.78, 5) is 66.3. The van der Waals surface area contributed by atoms with Crippen molar-refractivity contribution in [1.29, 1.82) is 0 Å². The zero-order valence-corrected chi connectivity index (χ0v) is 38.5. The number of anilines is 3. The minimum absolute atomic E-state index is 0.148. The highest BCUT2D eigenvalue weighted by Crippen LogP contribution is 2.41. The number of amides is 2. The van der Waals surface area contributed by atoms with E-state index in [0.29, 0.717) is 32.9 Å². The average Bonchev–Trinajstić information content (AvgIpc) is 4.19. The summed E-state index contributed by atoms with van der Waals surface area (Å²) in [5.74, 6) is -0.446. The Morgan fingerprint density at radius 3 is 2.00 bits per heavy atom. The molecule has 322 valence electrons. The van der Waals surface area contributed by atoms with Gasteiger partial charge in [0.05, 0.1) is 21.1 Å². The van der Waals surface area contributed by atoms with Crippen molar-refractivity contribution in [2.75, 3.05) is 11.4 Å². The molecule has 1 saturated heterocycles. The number of hydrogen-bond donors (Lipinski definition) is 0. The van der Waals surface area contributed by atoms with Gasteiger partial charge in [0.15, 0.2) is 6.73 Å². The monoisotopic (exact) mass is 941 g/mol. The zero-order valence-electron chi connectivity index (χ0n) is 34.4. The maximum Gasteiger partial charge on any atom is 0.294 e. The van der Waals surface area contributed by atoms with Gasteiger partial charge in [-0.05, 0) is 78.4 Å². The van der Waals surface area contributed by atoms with Crippen molar-refractivity contribution in [1.82, 2.24) is 28.2 Å². The van der Waals surface area contributed by atoms with Gasteiger partial charge in [-0.2, -0.15) is 8.75 Å². The molecule has 5 heterocycles. The fourth-order valence-electron chi connectivity index (χ4n) is 7.41. The van der Waals surface area contributed by atoms with Crippen LogP contribution in [0.15, 0.2) is 114 Å². The number of thiazole rings is 3. The molecular weight excluding hydrogens is 903 g/mol. The van der Waals surface area contributed by atoms with Crippen LogP contribution in [-0.2, 0) is 21.1 Å². The molecule has 2 amide bonds. The fraction of sp³-hybridized carbons (Fsp3) is 0.191. The summed E-state index contributed by atoms with van der Waals surface area (Å²) in [5.41, 5.74) is 6.87. The highest BCUT2D eigenvalue weighted by Gasteiger charge is 2.36. The van der Waals surface area contributed by atoms with Gasteiger partial charge in [-0.15, -0.1) is 34.0 Å². The average molecular weight is 942 g/mol. The normalized spacial score (nSPS) is 14.0. The summed E-state index contributed by atoms with van der Waals surface area (Å²) >= 11 is 5.96. The van der Waals surface area contributed by atoms with E-state index in [2.05, 4.69) is 69.1 Å². The molecule has 0 aliphatic carbocycles. The summed E-state index contributed by atoms with van der Waals surface area (Å²) < 4.78 is 16.1. The Morgan fingerprint density at radius 2 is 1.33 bits per heavy atom. The van der Waals surface area contributed by atoms with Crippen LogP contribution in [0.4, 0.5) is 21.9 Å². The first-order chi connectivity index (χ1) is 31.4. The number of carbonyl (C=O) groups is 3. The molecule has 0 bridgehead atoms. The Hall–Kier alpha value is -6.11. The van der Waals surface area contributed by atoms with E-state index in [-0.39, 0.29) is 21.3 Å². The molecule has 9 rings (SSSR count). The van der Waals surface area contributed by atoms with Gasteiger partial charge in [0.2, 0.25) is 0 Å². The van der Waals surface area contributed by atoms with E-state index >= 15 is 0 Å². The number of benzene rings is 4. The van der Waals surface area contributed by atoms with E-state index in [4.69, 9.17) is 14.7 Å². The van der Waals surface area contributed by atoms with Crippen LogP contribution in [0.1, 0.15) is 50.3 Å². The highest BCUT2D eigenvalue weighted by molar-refractivity contribution is 8.23. The third kappa shape index (κ3) is 8.99. The molecule has 12 nitrogen and oxygen atoms in total. The summed E-state index contributed by atoms with van der Waals surface area (Å²) in [6.07, 6.45) is 11.4. The number of ether oxygens (including phenoxy) is 1.